The van der Waals surface area contributed by atoms with Crippen LogP contribution in [0.2, 0.25) is 0 Å². The first-order chi connectivity index (χ1) is 9.70. The van der Waals surface area contributed by atoms with Crippen LogP contribution in [-0.2, 0) is 0 Å². The molecule has 2 N–H and O–H groups in total. The fourth-order valence-corrected chi connectivity index (χ4v) is 2.91. The Labute approximate surface area is 126 Å². The maximum absolute atomic E-state index is 5.27. The molecule has 1 atom stereocenters. The Morgan fingerprint density at radius 3 is 2.85 bits per heavy atom. The lowest BCUT2D eigenvalue weighted by Crippen LogP contribution is -2.34. The van der Waals surface area contributed by atoms with Gasteiger partial charge in [0.25, 0.3) is 0 Å². The second-order valence-electron chi connectivity index (χ2n) is 5.97. The minimum Gasteiger partial charge on any atom is -0.360 e. The van der Waals surface area contributed by atoms with Crippen molar-refractivity contribution in [1.29, 1.82) is 0 Å². The van der Waals surface area contributed by atoms with E-state index in [-0.39, 0.29) is 0 Å². The quantitative estimate of drug-likeness (QED) is 0.838. The average Bonchev–Trinajstić information content (AvgIpc) is 3.23. The van der Waals surface area contributed by atoms with Crippen LogP contribution in [0.5, 0.6) is 0 Å². The second-order valence-corrected chi connectivity index (χ2v) is 6.38. The molecule has 1 aliphatic carbocycles. The molecular weight excluding hydrogens is 268 g/mol. The smallest absolute Gasteiger partial charge is 0.171 e. The Hall–Kier alpha value is -1.36. The summed E-state index contributed by atoms with van der Waals surface area (Å²) in [6.45, 7) is 4.54. The molecule has 2 heterocycles. The van der Waals surface area contributed by atoms with Crippen LogP contribution >= 0.6 is 12.2 Å². The fraction of sp³-hybridized carbons (Fsp3) is 0.600. The average molecular weight is 290 g/mol. The normalized spacial score (nSPS) is 22.4. The molecule has 0 aromatic carbocycles. The summed E-state index contributed by atoms with van der Waals surface area (Å²) in [5, 5.41) is 7.16. The monoisotopic (exact) mass is 290 g/mol. The van der Waals surface area contributed by atoms with Gasteiger partial charge in [-0.25, -0.2) is 4.98 Å². The predicted molar refractivity (Wildman–Crippen MR) is 87.2 cm³/mol. The van der Waals surface area contributed by atoms with Crippen LogP contribution in [0, 0.1) is 5.92 Å². The van der Waals surface area contributed by atoms with Crippen LogP contribution in [0.1, 0.15) is 32.6 Å². The van der Waals surface area contributed by atoms with Gasteiger partial charge in [-0.15, -0.1) is 0 Å². The summed E-state index contributed by atoms with van der Waals surface area (Å²) in [5.41, 5.74) is 0.956. The van der Waals surface area contributed by atoms with E-state index < -0.39 is 0 Å². The molecule has 1 aromatic heterocycles. The third-order valence-electron chi connectivity index (χ3n) is 3.90. The molecule has 20 heavy (non-hydrogen) atoms. The van der Waals surface area contributed by atoms with Gasteiger partial charge in [-0.3, -0.25) is 0 Å². The van der Waals surface area contributed by atoms with E-state index in [9.17, 15) is 0 Å². The van der Waals surface area contributed by atoms with Gasteiger partial charge in [0.15, 0.2) is 5.11 Å². The molecule has 0 bridgehead atoms. The number of hydrogen-bond donors (Lipinski definition) is 2. The fourth-order valence-electron chi connectivity index (χ4n) is 2.62. The molecule has 1 saturated heterocycles. The van der Waals surface area contributed by atoms with E-state index in [4.69, 9.17) is 12.2 Å². The van der Waals surface area contributed by atoms with Crippen molar-refractivity contribution in [3.8, 4) is 0 Å². The minimum absolute atomic E-state index is 0.581. The molecule has 0 radical (unpaired) electrons. The number of nitrogens with one attached hydrogen (secondary N) is 2. The summed E-state index contributed by atoms with van der Waals surface area (Å²) in [4.78, 5) is 6.93. The number of piperidine rings is 1. The molecule has 2 aliphatic rings. The maximum atomic E-state index is 5.27. The highest BCUT2D eigenvalue weighted by molar-refractivity contribution is 7.80. The van der Waals surface area contributed by atoms with Crippen LogP contribution < -0.4 is 15.5 Å². The molecule has 5 heteroatoms. The van der Waals surface area contributed by atoms with Gasteiger partial charge >= 0.3 is 0 Å². The van der Waals surface area contributed by atoms with E-state index >= 15 is 0 Å². The minimum atomic E-state index is 0.581. The Bertz CT molecular complexity index is 469. The van der Waals surface area contributed by atoms with Crippen LogP contribution in [0.15, 0.2) is 18.3 Å². The van der Waals surface area contributed by atoms with Crippen molar-refractivity contribution in [2.75, 3.05) is 23.3 Å². The van der Waals surface area contributed by atoms with Crippen LogP contribution in [0.4, 0.5) is 11.5 Å². The van der Waals surface area contributed by atoms with E-state index in [2.05, 4.69) is 39.6 Å². The number of thiocarbonyl (C=S) groups is 1. The van der Waals surface area contributed by atoms with E-state index in [1.807, 2.05) is 6.20 Å². The molecule has 0 amide bonds. The summed E-state index contributed by atoms with van der Waals surface area (Å²) in [7, 11) is 0. The topological polar surface area (TPSA) is 40.2 Å². The second kappa shape index (κ2) is 5.95. The van der Waals surface area contributed by atoms with Crippen molar-refractivity contribution in [3.05, 3.63) is 18.3 Å². The maximum Gasteiger partial charge on any atom is 0.171 e. The number of anilines is 2. The lowest BCUT2D eigenvalue weighted by atomic mass is 10.0. The molecule has 0 spiro atoms. The lowest BCUT2D eigenvalue weighted by Gasteiger charge is -2.31. The first-order valence-electron chi connectivity index (χ1n) is 7.49. The van der Waals surface area contributed by atoms with Gasteiger partial charge in [0, 0.05) is 19.1 Å². The zero-order valence-corrected chi connectivity index (χ0v) is 12.7. The molecule has 4 nitrogen and oxygen atoms in total. The zero-order chi connectivity index (χ0) is 13.9. The molecule has 1 aromatic rings. The molecular formula is C15H22N4S. The Morgan fingerprint density at radius 2 is 2.20 bits per heavy atom. The molecule has 3 rings (SSSR count). The summed E-state index contributed by atoms with van der Waals surface area (Å²) in [6, 6.07) is 4.72. The third-order valence-corrected chi connectivity index (χ3v) is 4.12. The van der Waals surface area contributed by atoms with Crippen molar-refractivity contribution in [1.82, 2.24) is 10.3 Å². The number of hydrogen-bond acceptors (Lipinski definition) is 3. The highest BCUT2D eigenvalue weighted by atomic mass is 32.1. The van der Waals surface area contributed by atoms with Gasteiger partial charge in [0.2, 0.25) is 0 Å². The van der Waals surface area contributed by atoms with Gasteiger partial charge in [0.05, 0.1) is 11.9 Å². The summed E-state index contributed by atoms with van der Waals surface area (Å²) < 4.78 is 0. The Kier molecular flexibility index (Phi) is 4.05. The molecule has 108 valence electrons. The Balaban J connectivity index is 1.57. The molecule has 1 aliphatic heterocycles. The van der Waals surface area contributed by atoms with E-state index in [0.717, 1.165) is 30.5 Å². The third kappa shape index (κ3) is 3.60. The van der Waals surface area contributed by atoms with Crippen LogP contribution in [-0.4, -0.2) is 29.2 Å². The van der Waals surface area contributed by atoms with Gasteiger partial charge in [-0.2, -0.15) is 0 Å². The SMILES string of the molecule is C[C@H]1CCCN(c2ccc(NC(=S)NC3CC3)cn2)C1. The summed E-state index contributed by atoms with van der Waals surface area (Å²) in [5.74, 6) is 1.84. The number of pyridine rings is 1. The zero-order valence-electron chi connectivity index (χ0n) is 11.9. The summed E-state index contributed by atoms with van der Waals surface area (Å²) >= 11 is 5.27. The molecule has 0 unspecified atom stereocenters. The molecule has 1 saturated carbocycles. The van der Waals surface area contributed by atoms with Crippen molar-refractivity contribution in [3.63, 3.8) is 0 Å². The summed E-state index contributed by atoms with van der Waals surface area (Å²) in [6.07, 6.45) is 6.92. The molecule has 2 fully saturated rings. The Morgan fingerprint density at radius 1 is 1.35 bits per heavy atom. The first kappa shape index (κ1) is 13.6. The number of nitrogens with zero attached hydrogens (tertiary/aromatic N) is 2. The van der Waals surface area contributed by atoms with Crippen molar-refractivity contribution in [2.45, 2.75) is 38.6 Å². The number of rotatable bonds is 3. The number of aromatic nitrogens is 1. The lowest BCUT2D eigenvalue weighted by molar-refractivity contribution is 0.444. The van der Waals surface area contributed by atoms with Gasteiger partial charge in [0.1, 0.15) is 5.82 Å². The standard InChI is InChI=1S/C15H22N4S/c1-11-3-2-8-19(10-11)14-7-6-13(9-16-14)18-15(20)17-12-4-5-12/h6-7,9,11-12H,2-5,8,10H2,1H3,(H2,17,18,20)/t11-/m0/s1. The van der Waals surface area contributed by atoms with E-state index in [0.29, 0.717) is 11.2 Å². The predicted octanol–water partition coefficient (Wildman–Crippen LogP) is 2.77. The van der Waals surface area contributed by atoms with Crippen LogP contribution in [0.25, 0.3) is 0 Å². The van der Waals surface area contributed by atoms with Gasteiger partial charge in [-0.05, 0) is 56.0 Å². The highest BCUT2D eigenvalue weighted by Gasteiger charge is 2.22. The van der Waals surface area contributed by atoms with E-state index in [1.54, 1.807) is 0 Å². The van der Waals surface area contributed by atoms with Gasteiger partial charge in [-0.1, -0.05) is 6.92 Å². The largest absolute Gasteiger partial charge is 0.360 e. The van der Waals surface area contributed by atoms with Gasteiger partial charge < -0.3 is 15.5 Å². The van der Waals surface area contributed by atoms with E-state index in [1.165, 1.54) is 25.7 Å². The van der Waals surface area contributed by atoms with Crippen molar-refractivity contribution < 1.29 is 0 Å². The van der Waals surface area contributed by atoms with Crippen LogP contribution in [0.3, 0.4) is 0 Å². The highest BCUT2D eigenvalue weighted by Crippen LogP contribution is 2.22. The first-order valence-corrected chi connectivity index (χ1v) is 7.90. The van der Waals surface area contributed by atoms with Crippen molar-refractivity contribution in [2.24, 2.45) is 5.92 Å². The van der Waals surface area contributed by atoms with Crippen molar-refractivity contribution >= 4 is 28.8 Å².